The first-order valence-corrected chi connectivity index (χ1v) is 9.63. The van der Waals surface area contributed by atoms with Gasteiger partial charge >= 0.3 is 5.97 Å². The minimum absolute atomic E-state index is 0.000739. The molecule has 0 atom stereocenters. The van der Waals surface area contributed by atoms with Gasteiger partial charge in [0.25, 0.3) is 5.69 Å². The number of nitro benzene ring substituents is 1. The lowest BCUT2D eigenvalue weighted by molar-refractivity contribution is -0.384. The topological polar surface area (TPSA) is 119 Å². The molecule has 0 saturated heterocycles. The molecule has 0 unspecified atom stereocenters. The number of nitro groups is 1. The van der Waals surface area contributed by atoms with Gasteiger partial charge in [-0.3, -0.25) is 19.7 Å². The molecule has 2 heterocycles. The number of thiophene rings is 1. The van der Waals surface area contributed by atoms with E-state index in [1.807, 2.05) is 0 Å². The molecule has 0 fully saturated rings. The molecule has 2 amide bonds. The summed E-state index contributed by atoms with van der Waals surface area (Å²) in [6.07, 6.45) is 0.509. The van der Waals surface area contributed by atoms with E-state index in [1.54, 1.807) is 4.90 Å². The van der Waals surface area contributed by atoms with E-state index >= 15 is 0 Å². The molecule has 1 aliphatic rings. The fourth-order valence-corrected chi connectivity index (χ4v) is 4.44. The quantitative estimate of drug-likeness (QED) is 0.454. The largest absolute Gasteiger partial charge is 0.465 e. The number of nitrogens with zero attached hydrogens (tertiary/aromatic N) is 2. The minimum atomic E-state index is -0.538. The van der Waals surface area contributed by atoms with E-state index in [0.29, 0.717) is 35.6 Å². The molecule has 1 N–H and O–H groups in total. The van der Waals surface area contributed by atoms with Crippen LogP contribution in [0.2, 0.25) is 0 Å². The predicted molar refractivity (Wildman–Crippen MR) is 106 cm³/mol. The van der Waals surface area contributed by atoms with Crippen LogP contribution in [0, 0.1) is 10.1 Å². The van der Waals surface area contributed by atoms with E-state index in [2.05, 4.69) is 5.32 Å². The summed E-state index contributed by atoms with van der Waals surface area (Å²) in [6, 6.07) is 5.71. The summed E-state index contributed by atoms with van der Waals surface area (Å²) in [7, 11) is 1.28. The number of carbonyl (C=O) groups is 3. The van der Waals surface area contributed by atoms with Crippen molar-refractivity contribution in [3.63, 3.8) is 0 Å². The molecule has 0 bridgehead atoms. The van der Waals surface area contributed by atoms with Crippen LogP contribution >= 0.6 is 11.3 Å². The molecule has 0 spiro atoms. The maximum absolute atomic E-state index is 12.5. The Kier molecular flexibility index (Phi) is 5.92. The summed E-state index contributed by atoms with van der Waals surface area (Å²) in [6.45, 7) is 2.38. The number of nitrogens with one attached hydrogen (secondary N) is 1. The lowest BCUT2D eigenvalue weighted by Crippen LogP contribution is -2.33. The molecular formula is C19H19N3O6S. The van der Waals surface area contributed by atoms with Crippen LogP contribution in [0.3, 0.4) is 0 Å². The van der Waals surface area contributed by atoms with Crippen molar-refractivity contribution in [3.05, 3.63) is 55.9 Å². The Morgan fingerprint density at radius 1 is 1.28 bits per heavy atom. The second kappa shape index (κ2) is 8.39. The first-order valence-electron chi connectivity index (χ1n) is 8.81. The number of carbonyl (C=O) groups excluding carboxylic acids is 3. The van der Waals surface area contributed by atoms with Crippen molar-refractivity contribution in [2.24, 2.45) is 0 Å². The average molecular weight is 417 g/mol. The van der Waals surface area contributed by atoms with Gasteiger partial charge in [0.2, 0.25) is 11.8 Å². The molecule has 29 heavy (non-hydrogen) atoms. The number of hydrogen-bond acceptors (Lipinski definition) is 7. The SMILES string of the molecule is COC(=O)c1c(NC(=O)Cc2ccc([N+](=O)[O-])cc2)sc2c1CCN(C(C)=O)C2. The van der Waals surface area contributed by atoms with Gasteiger partial charge in [0.15, 0.2) is 0 Å². The number of non-ortho nitro benzene ring substituents is 1. The average Bonchev–Trinajstić information content (AvgIpc) is 3.04. The molecule has 2 aromatic rings. The van der Waals surface area contributed by atoms with E-state index in [1.165, 1.54) is 49.6 Å². The van der Waals surface area contributed by atoms with Gasteiger partial charge in [-0.1, -0.05) is 12.1 Å². The number of esters is 1. The fraction of sp³-hybridized carbons (Fsp3) is 0.316. The lowest BCUT2D eigenvalue weighted by Gasteiger charge is -2.25. The molecule has 10 heteroatoms. The van der Waals surface area contributed by atoms with Crippen LogP contribution in [0.25, 0.3) is 0 Å². The molecule has 0 radical (unpaired) electrons. The van der Waals surface area contributed by atoms with E-state index in [4.69, 9.17) is 4.74 Å². The standard InChI is InChI=1S/C19H19N3O6S/c1-11(23)21-8-7-14-15(10-21)29-18(17(14)19(25)28-2)20-16(24)9-12-3-5-13(6-4-12)22(26)27/h3-6H,7-10H2,1-2H3,(H,20,24). The molecule has 152 valence electrons. The Labute approximate surface area is 170 Å². The van der Waals surface area contributed by atoms with Crippen LogP contribution in [0.1, 0.15) is 33.3 Å². The van der Waals surface area contributed by atoms with Crippen molar-refractivity contribution in [1.82, 2.24) is 4.90 Å². The highest BCUT2D eigenvalue weighted by Gasteiger charge is 2.30. The number of methoxy groups -OCH3 is 1. The zero-order valence-electron chi connectivity index (χ0n) is 15.9. The smallest absolute Gasteiger partial charge is 0.341 e. The van der Waals surface area contributed by atoms with Crippen molar-refractivity contribution in [2.75, 3.05) is 19.0 Å². The van der Waals surface area contributed by atoms with Crippen LogP contribution in [-0.2, 0) is 33.7 Å². The highest BCUT2D eigenvalue weighted by atomic mass is 32.1. The highest BCUT2D eigenvalue weighted by Crippen LogP contribution is 2.37. The summed E-state index contributed by atoms with van der Waals surface area (Å²) >= 11 is 1.26. The third kappa shape index (κ3) is 4.43. The lowest BCUT2D eigenvalue weighted by atomic mass is 10.0. The van der Waals surface area contributed by atoms with E-state index in [-0.39, 0.29) is 23.9 Å². The summed E-state index contributed by atoms with van der Waals surface area (Å²) in [4.78, 5) is 49.2. The number of benzene rings is 1. The van der Waals surface area contributed by atoms with Gasteiger partial charge in [0.05, 0.1) is 30.6 Å². The van der Waals surface area contributed by atoms with Gasteiger partial charge in [-0.25, -0.2) is 4.79 Å². The summed E-state index contributed by atoms with van der Waals surface area (Å²) in [5.74, 6) is -0.942. The number of hydrogen-bond donors (Lipinski definition) is 1. The van der Waals surface area contributed by atoms with Crippen molar-refractivity contribution >= 4 is 39.8 Å². The summed E-state index contributed by atoms with van der Waals surface area (Å²) in [5.41, 5.74) is 1.68. The van der Waals surface area contributed by atoms with Crippen molar-refractivity contribution in [2.45, 2.75) is 26.3 Å². The maximum Gasteiger partial charge on any atom is 0.341 e. The fourth-order valence-electron chi connectivity index (χ4n) is 3.17. The third-order valence-electron chi connectivity index (χ3n) is 4.66. The maximum atomic E-state index is 12.5. The first-order chi connectivity index (χ1) is 13.8. The third-order valence-corrected chi connectivity index (χ3v) is 5.79. The Morgan fingerprint density at radius 2 is 1.97 bits per heavy atom. The minimum Gasteiger partial charge on any atom is -0.465 e. The Bertz CT molecular complexity index is 983. The van der Waals surface area contributed by atoms with Gasteiger partial charge in [-0.2, -0.15) is 0 Å². The Balaban J connectivity index is 1.80. The monoisotopic (exact) mass is 417 g/mol. The van der Waals surface area contributed by atoms with Gasteiger partial charge < -0.3 is 15.0 Å². The highest BCUT2D eigenvalue weighted by molar-refractivity contribution is 7.17. The second-order valence-corrected chi connectivity index (χ2v) is 7.64. The van der Waals surface area contributed by atoms with Crippen LogP contribution in [0.15, 0.2) is 24.3 Å². The summed E-state index contributed by atoms with van der Waals surface area (Å²) in [5, 5.41) is 13.9. The molecule has 1 aromatic heterocycles. The zero-order chi connectivity index (χ0) is 21.1. The van der Waals surface area contributed by atoms with Crippen LogP contribution in [-0.4, -0.2) is 41.3 Å². The van der Waals surface area contributed by atoms with Crippen LogP contribution in [0.5, 0.6) is 0 Å². The van der Waals surface area contributed by atoms with Gasteiger partial charge in [0.1, 0.15) is 5.00 Å². The second-order valence-electron chi connectivity index (χ2n) is 6.54. The zero-order valence-corrected chi connectivity index (χ0v) is 16.7. The number of anilines is 1. The predicted octanol–water partition coefficient (Wildman–Crippen LogP) is 2.53. The van der Waals surface area contributed by atoms with E-state index < -0.39 is 10.9 Å². The molecule has 0 saturated carbocycles. The molecule has 0 aliphatic carbocycles. The number of amides is 2. The molecule has 9 nitrogen and oxygen atoms in total. The number of fused-ring (bicyclic) bond motifs is 1. The Morgan fingerprint density at radius 3 is 2.55 bits per heavy atom. The first kappa shape index (κ1) is 20.5. The molecule has 1 aromatic carbocycles. The van der Waals surface area contributed by atoms with Crippen molar-refractivity contribution < 1.29 is 24.0 Å². The number of rotatable bonds is 5. The van der Waals surface area contributed by atoms with Crippen molar-refractivity contribution in [3.8, 4) is 0 Å². The van der Waals surface area contributed by atoms with Crippen LogP contribution < -0.4 is 5.32 Å². The van der Waals surface area contributed by atoms with E-state index in [9.17, 15) is 24.5 Å². The molecular weight excluding hydrogens is 398 g/mol. The van der Waals surface area contributed by atoms with Gasteiger partial charge in [0, 0.05) is 30.5 Å². The van der Waals surface area contributed by atoms with Gasteiger partial charge in [-0.15, -0.1) is 11.3 Å². The number of ether oxygens (including phenoxy) is 1. The van der Waals surface area contributed by atoms with E-state index in [0.717, 1.165) is 10.4 Å². The van der Waals surface area contributed by atoms with Crippen LogP contribution in [0.4, 0.5) is 10.7 Å². The van der Waals surface area contributed by atoms with Gasteiger partial charge in [-0.05, 0) is 17.5 Å². The summed E-state index contributed by atoms with van der Waals surface area (Å²) < 4.78 is 4.88. The molecule has 1 aliphatic heterocycles. The molecule has 3 rings (SSSR count). The normalized spacial score (nSPS) is 12.8. The van der Waals surface area contributed by atoms with Crippen molar-refractivity contribution in [1.29, 1.82) is 0 Å². The Hall–Kier alpha value is -3.27.